The van der Waals surface area contributed by atoms with Crippen molar-refractivity contribution in [2.45, 2.75) is 26.4 Å². The Kier molecular flexibility index (Phi) is 8.66. The highest BCUT2D eigenvalue weighted by Gasteiger charge is 2.32. The van der Waals surface area contributed by atoms with Crippen LogP contribution in [0.15, 0.2) is 42.5 Å². The molecule has 0 radical (unpaired) electrons. The fourth-order valence-corrected chi connectivity index (χ4v) is 4.44. The first-order valence-corrected chi connectivity index (χ1v) is 11.1. The number of aryl methyl sites for hydroxylation is 1. The zero-order valence-corrected chi connectivity index (χ0v) is 20.6. The van der Waals surface area contributed by atoms with E-state index in [1.807, 2.05) is 22.9 Å². The van der Waals surface area contributed by atoms with Crippen molar-refractivity contribution < 1.29 is 9.47 Å². The van der Waals surface area contributed by atoms with E-state index in [-0.39, 0.29) is 18.4 Å². The van der Waals surface area contributed by atoms with Crippen LogP contribution in [0.3, 0.4) is 0 Å². The van der Waals surface area contributed by atoms with Gasteiger partial charge in [-0.05, 0) is 47.5 Å². The zero-order valence-electron chi connectivity index (χ0n) is 19.8. The molecule has 1 saturated heterocycles. The molecule has 178 valence electrons. The summed E-state index contributed by atoms with van der Waals surface area (Å²) in [6.45, 7) is 9.21. The second-order valence-electron chi connectivity index (χ2n) is 8.14. The molecule has 0 bridgehead atoms. The third kappa shape index (κ3) is 5.29. The van der Waals surface area contributed by atoms with Crippen LogP contribution in [0.2, 0.25) is 0 Å². The minimum atomic E-state index is -0.0984. The number of nitrogens with zero attached hydrogens (tertiary/aromatic N) is 6. The lowest BCUT2D eigenvalue weighted by molar-refractivity contribution is 0.171. The largest absolute Gasteiger partial charge is 0.496 e. The van der Waals surface area contributed by atoms with Crippen molar-refractivity contribution in [3.8, 4) is 5.75 Å². The highest BCUT2D eigenvalue weighted by Crippen LogP contribution is 2.35. The van der Waals surface area contributed by atoms with Crippen LogP contribution >= 0.6 is 12.4 Å². The number of methoxy groups -OCH3 is 2. The van der Waals surface area contributed by atoms with Crippen molar-refractivity contribution in [1.29, 1.82) is 0 Å². The van der Waals surface area contributed by atoms with Crippen LogP contribution in [0.1, 0.15) is 28.6 Å². The third-order valence-electron chi connectivity index (χ3n) is 6.34. The van der Waals surface area contributed by atoms with Crippen LogP contribution in [0, 0.1) is 13.8 Å². The number of benzene rings is 2. The summed E-state index contributed by atoms with van der Waals surface area (Å²) in [6.07, 6.45) is 0. The molecule has 0 spiro atoms. The Morgan fingerprint density at radius 1 is 0.970 bits per heavy atom. The molecule has 8 nitrogen and oxygen atoms in total. The molecule has 2 aromatic carbocycles. The number of rotatable bonds is 8. The molecule has 0 N–H and O–H groups in total. The van der Waals surface area contributed by atoms with E-state index in [0.29, 0.717) is 13.2 Å². The summed E-state index contributed by atoms with van der Waals surface area (Å²) in [5.41, 5.74) is 5.08. The van der Waals surface area contributed by atoms with E-state index in [4.69, 9.17) is 9.47 Å². The average molecular weight is 473 g/mol. The monoisotopic (exact) mass is 472 g/mol. The van der Waals surface area contributed by atoms with Gasteiger partial charge in [-0.1, -0.05) is 30.3 Å². The van der Waals surface area contributed by atoms with E-state index in [1.54, 1.807) is 14.2 Å². The second kappa shape index (κ2) is 11.4. The van der Waals surface area contributed by atoms with Crippen LogP contribution in [0.25, 0.3) is 0 Å². The van der Waals surface area contributed by atoms with Gasteiger partial charge in [-0.2, -0.15) is 0 Å². The second-order valence-corrected chi connectivity index (χ2v) is 8.14. The number of tetrazole rings is 1. The average Bonchev–Trinajstić information content (AvgIpc) is 3.28. The number of hydrogen-bond donors (Lipinski definition) is 0. The Hall–Kier alpha value is -2.68. The van der Waals surface area contributed by atoms with Crippen molar-refractivity contribution in [3.05, 3.63) is 65.0 Å². The number of piperazine rings is 1. The quantitative estimate of drug-likeness (QED) is 0.498. The van der Waals surface area contributed by atoms with Gasteiger partial charge in [-0.3, -0.25) is 4.90 Å². The summed E-state index contributed by atoms with van der Waals surface area (Å²) < 4.78 is 12.8. The van der Waals surface area contributed by atoms with Crippen LogP contribution < -0.4 is 9.64 Å². The number of ether oxygens (including phenoxy) is 2. The van der Waals surface area contributed by atoms with Crippen LogP contribution in [0.5, 0.6) is 5.75 Å². The standard InChI is InChI=1S/C24H32N6O2.ClH/c1-18-8-7-10-21(19(18)2)28-12-14-29(15-13-28)23(20-9-5-6-11-22(20)32-4)24-25-26-27-30(24)16-17-31-3;/h5-11,23H,12-17H2,1-4H3;1H. The van der Waals surface area contributed by atoms with Gasteiger partial charge in [-0.15, -0.1) is 17.5 Å². The number of hydrogen-bond acceptors (Lipinski definition) is 7. The van der Waals surface area contributed by atoms with Crippen LogP contribution in [0.4, 0.5) is 5.69 Å². The minimum Gasteiger partial charge on any atom is -0.496 e. The topological polar surface area (TPSA) is 68.5 Å². The van der Waals surface area contributed by atoms with E-state index in [9.17, 15) is 0 Å². The molecule has 1 atom stereocenters. The minimum absolute atomic E-state index is 0. The van der Waals surface area contributed by atoms with Gasteiger partial charge in [0.15, 0.2) is 5.82 Å². The summed E-state index contributed by atoms with van der Waals surface area (Å²) in [5.74, 6) is 1.66. The Labute approximate surface area is 201 Å². The van der Waals surface area contributed by atoms with E-state index >= 15 is 0 Å². The first-order chi connectivity index (χ1) is 15.6. The summed E-state index contributed by atoms with van der Waals surface area (Å²) in [4.78, 5) is 4.93. The summed E-state index contributed by atoms with van der Waals surface area (Å²) in [7, 11) is 3.40. The summed E-state index contributed by atoms with van der Waals surface area (Å²) in [5, 5.41) is 12.7. The van der Waals surface area contributed by atoms with Crippen molar-refractivity contribution in [2.75, 3.05) is 51.9 Å². The Morgan fingerprint density at radius 3 is 2.45 bits per heavy atom. The summed E-state index contributed by atoms with van der Waals surface area (Å²) in [6, 6.07) is 14.6. The Bertz CT molecular complexity index is 1040. The van der Waals surface area contributed by atoms with Crippen molar-refractivity contribution in [1.82, 2.24) is 25.1 Å². The fourth-order valence-electron chi connectivity index (χ4n) is 4.44. The number of anilines is 1. The molecule has 1 aliphatic heterocycles. The van der Waals surface area contributed by atoms with Gasteiger partial charge in [0.2, 0.25) is 0 Å². The maximum absolute atomic E-state index is 5.72. The molecule has 1 fully saturated rings. The molecule has 1 aromatic heterocycles. The van der Waals surface area contributed by atoms with Gasteiger partial charge in [0.25, 0.3) is 0 Å². The smallest absolute Gasteiger partial charge is 0.173 e. The first-order valence-electron chi connectivity index (χ1n) is 11.1. The molecular weight excluding hydrogens is 440 g/mol. The molecule has 2 heterocycles. The number of halogens is 1. The van der Waals surface area contributed by atoms with Crippen LogP contribution in [-0.4, -0.2) is 72.1 Å². The van der Waals surface area contributed by atoms with E-state index in [2.05, 4.69) is 63.4 Å². The van der Waals surface area contributed by atoms with Crippen molar-refractivity contribution >= 4 is 18.1 Å². The molecule has 0 saturated carbocycles. The molecule has 0 aliphatic carbocycles. The van der Waals surface area contributed by atoms with Gasteiger partial charge >= 0.3 is 0 Å². The molecule has 9 heteroatoms. The lowest BCUT2D eigenvalue weighted by atomic mass is 10.0. The van der Waals surface area contributed by atoms with E-state index in [0.717, 1.165) is 43.3 Å². The molecule has 33 heavy (non-hydrogen) atoms. The van der Waals surface area contributed by atoms with E-state index < -0.39 is 0 Å². The summed E-state index contributed by atoms with van der Waals surface area (Å²) >= 11 is 0. The highest BCUT2D eigenvalue weighted by molar-refractivity contribution is 5.85. The fraction of sp³-hybridized carbons (Fsp3) is 0.458. The molecule has 1 aliphatic rings. The Balaban J connectivity index is 0.00000306. The van der Waals surface area contributed by atoms with Gasteiger partial charge < -0.3 is 14.4 Å². The predicted octanol–water partition coefficient (Wildman–Crippen LogP) is 3.28. The third-order valence-corrected chi connectivity index (χ3v) is 6.34. The zero-order chi connectivity index (χ0) is 22.5. The molecule has 3 aromatic rings. The maximum atomic E-state index is 5.72. The predicted molar refractivity (Wildman–Crippen MR) is 131 cm³/mol. The SMILES string of the molecule is COCCn1nnnc1C(c1ccccc1OC)N1CCN(c2cccc(C)c2C)CC1.Cl. The van der Waals surface area contributed by atoms with Gasteiger partial charge in [0.1, 0.15) is 11.8 Å². The van der Waals surface area contributed by atoms with Gasteiger partial charge in [0, 0.05) is 44.5 Å². The van der Waals surface area contributed by atoms with E-state index in [1.165, 1.54) is 16.8 Å². The maximum Gasteiger partial charge on any atom is 0.173 e. The normalized spacial score (nSPS) is 15.2. The molecular formula is C24H33ClN6O2. The number of aromatic nitrogens is 4. The Morgan fingerprint density at radius 2 is 1.73 bits per heavy atom. The van der Waals surface area contributed by atoms with Crippen LogP contribution in [-0.2, 0) is 11.3 Å². The van der Waals surface area contributed by atoms with Gasteiger partial charge in [-0.25, -0.2) is 4.68 Å². The lowest BCUT2D eigenvalue weighted by Crippen LogP contribution is -2.48. The van der Waals surface area contributed by atoms with Gasteiger partial charge in [0.05, 0.1) is 20.3 Å². The lowest BCUT2D eigenvalue weighted by Gasteiger charge is -2.40. The number of para-hydroxylation sites is 1. The first kappa shape index (κ1) is 25.0. The highest BCUT2D eigenvalue weighted by atomic mass is 35.5. The van der Waals surface area contributed by atoms with Crippen molar-refractivity contribution in [2.24, 2.45) is 0 Å². The molecule has 1 unspecified atom stereocenters. The molecule has 0 amide bonds. The van der Waals surface area contributed by atoms with Crippen molar-refractivity contribution in [3.63, 3.8) is 0 Å². The molecule has 4 rings (SSSR count).